The number of amides is 1. The van der Waals surface area contributed by atoms with Crippen LogP contribution in [0.15, 0.2) is 40.9 Å². The van der Waals surface area contributed by atoms with Crippen LogP contribution < -0.4 is 10.1 Å². The fraction of sp³-hybridized carbons (Fsp3) is 0.133. The lowest BCUT2D eigenvalue weighted by Crippen LogP contribution is -2.30. The van der Waals surface area contributed by atoms with E-state index in [0.29, 0.717) is 10.2 Å². The SMILES string of the molecule is CC(Oc1ccccc1Br)C(=O)Nc1ccc(F)c(F)c1F. The van der Waals surface area contributed by atoms with Crippen LogP contribution in [0.3, 0.4) is 0 Å². The highest BCUT2D eigenvalue weighted by Crippen LogP contribution is 2.25. The number of carbonyl (C=O) groups excluding carboxylic acids is 1. The van der Waals surface area contributed by atoms with Gasteiger partial charge in [0.15, 0.2) is 23.6 Å². The smallest absolute Gasteiger partial charge is 0.265 e. The van der Waals surface area contributed by atoms with Crippen molar-refractivity contribution in [3.8, 4) is 5.75 Å². The van der Waals surface area contributed by atoms with E-state index in [2.05, 4.69) is 21.2 Å². The maximum absolute atomic E-state index is 13.5. The van der Waals surface area contributed by atoms with Crippen molar-refractivity contribution < 1.29 is 22.7 Å². The first-order valence-electron chi connectivity index (χ1n) is 6.25. The zero-order valence-electron chi connectivity index (χ0n) is 11.4. The molecule has 0 heterocycles. The largest absolute Gasteiger partial charge is 0.480 e. The normalized spacial score (nSPS) is 11.9. The monoisotopic (exact) mass is 373 g/mol. The van der Waals surface area contributed by atoms with E-state index < -0.39 is 35.2 Å². The van der Waals surface area contributed by atoms with Crippen LogP contribution in [0.25, 0.3) is 0 Å². The number of benzene rings is 2. The molecule has 1 N–H and O–H groups in total. The van der Waals surface area contributed by atoms with Crippen LogP contribution in [-0.4, -0.2) is 12.0 Å². The van der Waals surface area contributed by atoms with Crippen molar-refractivity contribution in [2.45, 2.75) is 13.0 Å². The average Bonchev–Trinajstić information content (AvgIpc) is 2.50. The summed E-state index contributed by atoms with van der Waals surface area (Å²) in [5.74, 6) is -4.69. The number of halogens is 4. The fourth-order valence-electron chi connectivity index (χ4n) is 1.64. The lowest BCUT2D eigenvalue weighted by atomic mass is 10.2. The van der Waals surface area contributed by atoms with Gasteiger partial charge in [-0.1, -0.05) is 12.1 Å². The van der Waals surface area contributed by atoms with E-state index in [1.54, 1.807) is 24.3 Å². The molecule has 1 atom stereocenters. The van der Waals surface area contributed by atoms with Crippen molar-refractivity contribution in [3.63, 3.8) is 0 Å². The summed E-state index contributed by atoms with van der Waals surface area (Å²) in [6, 6.07) is 8.54. The van der Waals surface area contributed by atoms with Crippen LogP contribution in [0.2, 0.25) is 0 Å². The van der Waals surface area contributed by atoms with Crippen molar-refractivity contribution in [1.82, 2.24) is 0 Å². The van der Waals surface area contributed by atoms with Crippen molar-refractivity contribution in [3.05, 3.63) is 58.3 Å². The molecule has 7 heteroatoms. The van der Waals surface area contributed by atoms with Gasteiger partial charge in [-0.2, -0.15) is 0 Å². The van der Waals surface area contributed by atoms with Crippen LogP contribution in [0.1, 0.15) is 6.92 Å². The van der Waals surface area contributed by atoms with E-state index in [1.165, 1.54) is 6.92 Å². The van der Waals surface area contributed by atoms with Crippen LogP contribution in [0.4, 0.5) is 18.9 Å². The molecule has 2 aromatic carbocycles. The second-order valence-corrected chi connectivity index (χ2v) is 5.26. The predicted molar refractivity (Wildman–Crippen MR) is 79.2 cm³/mol. The Balaban J connectivity index is 2.09. The Morgan fingerprint density at radius 2 is 1.82 bits per heavy atom. The van der Waals surface area contributed by atoms with E-state index in [4.69, 9.17) is 4.74 Å². The van der Waals surface area contributed by atoms with Gasteiger partial charge < -0.3 is 10.1 Å². The van der Waals surface area contributed by atoms with Crippen molar-refractivity contribution in [2.75, 3.05) is 5.32 Å². The Morgan fingerprint density at radius 1 is 1.14 bits per heavy atom. The van der Waals surface area contributed by atoms with Gasteiger partial charge in [0.2, 0.25) is 0 Å². The van der Waals surface area contributed by atoms with Crippen LogP contribution >= 0.6 is 15.9 Å². The number of hydrogen-bond acceptors (Lipinski definition) is 2. The molecule has 2 aromatic rings. The molecule has 1 unspecified atom stereocenters. The van der Waals surface area contributed by atoms with E-state index >= 15 is 0 Å². The summed E-state index contributed by atoms with van der Waals surface area (Å²) >= 11 is 3.26. The quantitative estimate of drug-likeness (QED) is 0.812. The van der Waals surface area contributed by atoms with E-state index in [0.717, 1.165) is 12.1 Å². The first kappa shape index (κ1) is 16.4. The zero-order chi connectivity index (χ0) is 16.3. The molecule has 0 radical (unpaired) electrons. The molecular formula is C15H11BrF3NO2. The van der Waals surface area contributed by atoms with Gasteiger partial charge in [0, 0.05) is 0 Å². The lowest BCUT2D eigenvalue weighted by molar-refractivity contribution is -0.122. The first-order chi connectivity index (χ1) is 10.4. The third-order valence-corrected chi connectivity index (χ3v) is 3.46. The summed E-state index contributed by atoms with van der Waals surface area (Å²) < 4.78 is 45.5. The number of nitrogens with one attached hydrogen (secondary N) is 1. The molecule has 0 aliphatic rings. The summed E-state index contributed by atoms with van der Waals surface area (Å²) in [4.78, 5) is 11.9. The molecule has 1 amide bonds. The van der Waals surface area contributed by atoms with Gasteiger partial charge in [-0.25, -0.2) is 13.2 Å². The van der Waals surface area contributed by atoms with Crippen molar-refractivity contribution >= 4 is 27.5 Å². The van der Waals surface area contributed by atoms with Crippen LogP contribution in [0, 0.1) is 17.5 Å². The molecular weight excluding hydrogens is 363 g/mol. The molecule has 0 aromatic heterocycles. The molecule has 0 aliphatic carbocycles. The van der Waals surface area contributed by atoms with Crippen LogP contribution in [-0.2, 0) is 4.79 Å². The summed E-state index contributed by atoms with van der Waals surface area (Å²) in [6.45, 7) is 1.45. The summed E-state index contributed by atoms with van der Waals surface area (Å²) in [6.07, 6.45) is -0.966. The average molecular weight is 374 g/mol. The first-order valence-corrected chi connectivity index (χ1v) is 7.05. The number of hydrogen-bond donors (Lipinski definition) is 1. The summed E-state index contributed by atoms with van der Waals surface area (Å²) in [7, 11) is 0. The standard InChI is InChI=1S/C15H11BrF3NO2/c1-8(22-12-5-3-2-4-9(12)16)15(21)20-11-7-6-10(17)13(18)14(11)19/h2-8H,1H3,(H,20,21). The second kappa shape index (κ2) is 6.83. The number of anilines is 1. The van der Waals surface area contributed by atoms with Gasteiger partial charge in [-0.15, -0.1) is 0 Å². The van der Waals surface area contributed by atoms with Gasteiger partial charge in [0.05, 0.1) is 10.2 Å². The Bertz CT molecular complexity index is 709. The molecule has 22 heavy (non-hydrogen) atoms. The Hall–Kier alpha value is -2.02. The van der Waals surface area contributed by atoms with Gasteiger partial charge in [-0.05, 0) is 47.1 Å². The van der Waals surface area contributed by atoms with Crippen molar-refractivity contribution in [2.24, 2.45) is 0 Å². The number of rotatable bonds is 4. The summed E-state index contributed by atoms with van der Waals surface area (Å²) in [5, 5.41) is 2.16. The third kappa shape index (κ3) is 3.59. The number of ether oxygens (including phenoxy) is 1. The highest BCUT2D eigenvalue weighted by Gasteiger charge is 2.20. The minimum Gasteiger partial charge on any atom is -0.480 e. The highest BCUT2D eigenvalue weighted by atomic mass is 79.9. The molecule has 2 rings (SSSR count). The molecule has 0 saturated carbocycles. The fourth-order valence-corrected chi connectivity index (χ4v) is 2.02. The predicted octanol–water partition coefficient (Wildman–Crippen LogP) is 4.27. The molecule has 0 bridgehead atoms. The van der Waals surface area contributed by atoms with Crippen molar-refractivity contribution in [1.29, 1.82) is 0 Å². The molecule has 3 nitrogen and oxygen atoms in total. The zero-order valence-corrected chi connectivity index (χ0v) is 13.0. The van der Waals surface area contributed by atoms with Gasteiger partial charge in [-0.3, -0.25) is 4.79 Å². The minimum absolute atomic E-state index is 0.427. The Morgan fingerprint density at radius 3 is 2.50 bits per heavy atom. The molecule has 0 aliphatic heterocycles. The third-order valence-electron chi connectivity index (χ3n) is 2.80. The Kier molecular flexibility index (Phi) is 5.07. The maximum Gasteiger partial charge on any atom is 0.265 e. The highest BCUT2D eigenvalue weighted by molar-refractivity contribution is 9.10. The topological polar surface area (TPSA) is 38.3 Å². The molecule has 0 saturated heterocycles. The van der Waals surface area contributed by atoms with Gasteiger partial charge in [0.25, 0.3) is 5.91 Å². The molecule has 0 spiro atoms. The van der Waals surface area contributed by atoms with E-state index in [-0.39, 0.29) is 0 Å². The van der Waals surface area contributed by atoms with E-state index in [1.807, 2.05) is 0 Å². The summed E-state index contributed by atoms with van der Waals surface area (Å²) in [5.41, 5.74) is -0.452. The van der Waals surface area contributed by atoms with Gasteiger partial charge in [0.1, 0.15) is 5.75 Å². The number of carbonyl (C=O) groups is 1. The maximum atomic E-state index is 13.5. The lowest BCUT2D eigenvalue weighted by Gasteiger charge is -2.16. The van der Waals surface area contributed by atoms with Gasteiger partial charge >= 0.3 is 0 Å². The number of para-hydroxylation sites is 1. The van der Waals surface area contributed by atoms with E-state index in [9.17, 15) is 18.0 Å². The minimum atomic E-state index is -1.64. The van der Waals surface area contributed by atoms with Crippen LogP contribution in [0.5, 0.6) is 5.75 Å². The molecule has 0 fully saturated rings. The Labute approximate surface area is 133 Å². The molecule has 116 valence electrons. The second-order valence-electron chi connectivity index (χ2n) is 4.40.